The van der Waals surface area contributed by atoms with Crippen LogP contribution in [0.5, 0.6) is 0 Å². The average Bonchev–Trinajstić information content (AvgIpc) is 1.72. The van der Waals surface area contributed by atoms with Gasteiger partial charge in [0, 0.05) is 0 Å². The molecule has 0 aliphatic heterocycles. The van der Waals surface area contributed by atoms with E-state index < -0.39 is 5.97 Å². The van der Waals surface area contributed by atoms with Crippen LogP contribution in [0.25, 0.3) is 0 Å². The van der Waals surface area contributed by atoms with E-state index in [1.165, 1.54) is 6.08 Å². The number of carboxylic acids is 1. The lowest BCUT2D eigenvalue weighted by Gasteiger charge is -1.75. The monoisotopic (exact) mass is 136 g/mol. The Balaban J connectivity index is 0. The first kappa shape index (κ1) is 10.5. The minimum atomic E-state index is -0.829. The van der Waals surface area contributed by atoms with E-state index in [9.17, 15) is 4.79 Å². The van der Waals surface area contributed by atoms with Crippen LogP contribution in [0.2, 0.25) is 0 Å². The lowest BCUT2D eigenvalue weighted by atomic mass is 10.4. The summed E-state index contributed by atoms with van der Waals surface area (Å²) in [6, 6.07) is 0. The summed E-state index contributed by atoms with van der Waals surface area (Å²) in [5.74, 6) is -0.829. The van der Waals surface area contributed by atoms with Crippen LogP contribution in [-0.2, 0) is 4.79 Å². The van der Waals surface area contributed by atoms with E-state index >= 15 is 0 Å². The molecule has 0 heterocycles. The van der Waals surface area contributed by atoms with E-state index in [1.54, 1.807) is 0 Å². The largest absolute Gasteiger partial charge is 0.481 e. The van der Waals surface area contributed by atoms with Crippen molar-refractivity contribution in [3.8, 4) is 0 Å². The first-order chi connectivity index (χ1) is 3.77. The molecule has 0 atom stereocenters. The molecule has 48 valence electrons. The molecule has 0 amide bonds. The van der Waals surface area contributed by atoms with Gasteiger partial charge in [-0.15, -0.1) is 6.58 Å². The van der Waals surface area contributed by atoms with Crippen molar-refractivity contribution in [1.82, 2.24) is 0 Å². The van der Waals surface area contributed by atoms with Gasteiger partial charge in [0.15, 0.2) is 0 Å². The molecule has 0 saturated heterocycles. The van der Waals surface area contributed by atoms with Gasteiger partial charge >= 0.3 is 5.97 Å². The van der Waals surface area contributed by atoms with Crippen LogP contribution >= 0.6 is 12.9 Å². The molecule has 0 aliphatic carbocycles. The zero-order valence-electron chi connectivity index (χ0n) is 4.24. The quantitative estimate of drug-likeness (QED) is 0.302. The van der Waals surface area contributed by atoms with Gasteiger partial charge < -0.3 is 9.66 Å². The Labute approximate surface area is 53.3 Å². The highest BCUT2D eigenvalue weighted by atomic mass is 32.1. The summed E-state index contributed by atoms with van der Waals surface area (Å²) in [5, 5.41) is 7.84. The Morgan fingerprint density at radius 3 is 2.12 bits per heavy atom. The van der Waals surface area contributed by atoms with Crippen molar-refractivity contribution in [2.45, 2.75) is 6.42 Å². The van der Waals surface area contributed by atoms with Crippen molar-refractivity contribution >= 4 is 18.9 Å². The van der Waals surface area contributed by atoms with Gasteiger partial charge in [0.1, 0.15) is 0 Å². The number of hydrogen-bond acceptors (Lipinski definition) is 3. The second-order valence-electron chi connectivity index (χ2n) is 0.887. The molecule has 0 aromatic heterocycles. The summed E-state index contributed by atoms with van der Waals surface area (Å²) in [6.07, 6.45) is 1.41. The molecular formula is C4H8O3S. The van der Waals surface area contributed by atoms with E-state index in [0.29, 0.717) is 0 Å². The zero-order valence-corrected chi connectivity index (χ0v) is 5.14. The highest BCUT2D eigenvalue weighted by molar-refractivity contribution is 7.74. The third kappa shape index (κ3) is 17.8. The Kier molecular flexibility index (Phi) is 12.8. The van der Waals surface area contributed by atoms with Crippen LogP contribution in [0.4, 0.5) is 0 Å². The second kappa shape index (κ2) is 9.72. The first-order valence-electron chi connectivity index (χ1n) is 1.80. The number of carboxylic acid groups (broad SMARTS) is 1. The van der Waals surface area contributed by atoms with E-state index in [2.05, 4.69) is 19.5 Å². The van der Waals surface area contributed by atoms with Crippen molar-refractivity contribution in [3.63, 3.8) is 0 Å². The summed E-state index contributed by atoms with van der Waals surface area (Å²) in [4.78, 5) is 9.53. The topological polar surface area (TPSA) is 57.5 Å². The maximum atomic E-state index is 9.53. The fourth-order valence-electron chi connectivity index (χ4n) is 0.123. The first-order valence-corrected chi connectivity index (χ1v) is 2.20. The molecule has 0 bridgehead atoms. The highest BCUT2D eigenvalue weighted by Gasteiger charge is 1.84. The third-order valence-electron chi connectivity index (χ3n) is 0.319. The van der Waals surface area contributed by atoms with Gasteiger partial charge in [-0.25, -0.2) is 0 Å². The number of aliphatic carboxylic acids is 1. The zero-order chi connectivity index (χ0) is 6.99. The predicted molar refractivity (Wildman–Crippen MR) is 34.1 cm³/mol. The molecule has 0 spiro atoms. The van der Waals surface area contributed by atoms with Crippen molar-refractivity contribution < 1.29 is 14.5 Å². The molecule has 0 fully saturated rings. The van der Waals surface area contributed by atoms with E-state index in [0.717, 1.165) is 0 Å². The Morgan fingerprint density at radius 2 is 2.12 bits per heavy atom. The number of hydrogen-bond donors (Lipinski definition) is 3. The molecule has 4 heteroatoms. The summed E-state index contributed by atoms with van der Waals surface area (Å²) >= 11 is 2.53. The molecule has 0 rings (SSSR count). The number of thiol groups is 1. The normalized spacial score (nSPS) is 6.25. The van der Waals surface area contributed by atoms with Crippen molar-refractivity contribution in [3.05, 3.63) is 12.7 Å². The molecular weight excluding hydrogens is 128 g/mol. The fourth-order valence-corrected chi connectivity index (χ4v) is 0.123. The number of rotatable bonds is 2. The third-order valence-corrected chi connectivity index (χ3v) is 0.319. The number of carbonyl (C=O) groups is 1. The van der Waals surface area contributed by atoms with Gasteiger partial charge in [-0.2, -0.15) is 0 Å². The SMILES string of the molecule is C=CCC(=O)O.OS. The lowest BCUT2D eigenvalue weighted by molar-refractivity contribution is -0.135. The van der Waals surface area contributed by atoms with Gasteiger partial charge in [0.25, 0.3) is 0 Å². The predicted octanol–water partition coefficient (Wildman–Crippen LogP) is 1.04. The van der Waals surface area contributed by atoms with E-state index in [1.807, 2.05) is 0 Å². The Hall–Kier alpha value is -0.480. The molecule has 3 nitrogen and oxygen atoms in total. The standard InChI is InChI=1S/C4H6O2.H2OS/c1-2-3-4(5)6;1-2/h2H,1,3H2,(H,5,6);1-2H. The fraction of sp³-hybridized carbons (Fsp3) is 0.250. The smallest absolute Gasteiger partial charge is 0.307 e. The van der Waals surface area contributed by atoms with Crippen LogP contribution in [0.15, 0.2) is 12.7 Å². The Morgan fingerprint density at radius 1 is 1.75 bits per heavy atom. The minimum Gasteiger partial charge on any atom is -0.481 e. The molecule has 0 saturated carbocycles. The molecule has 8 heavy (non-hydrogen) atoms. The average molecular weight is 136 g/mol. The van der Waals surface area contributed by atoms with Crippen LogP contribution in [-0.4, -0.2) is 15.6 Å². The molecule has 0 unspecified atom stereocenters. The van der Waals surface area contributed by atoms with Crippen LogP contribution in [0.1, 0.15) is 6.42 Å². The minimum absolute atomic E-state index is 0.0556. The second-order valence-corrected chi connectivity index (χ2v) is 0.887. The Bertz CT molecular complexity index is 71.7. The summed E-state index contributed by atoms with van der Waals surface area (Å²) in [6.45, 7) is 3.22. The van der Waals surface area contributed by atoms with Crippen LogP contribution in [0.3, 0.4) is 0 Å². The van der Waals surface area contributed by atoms with Crippen molar-refractivity contribution in [1.29, 1.82) is 0 Å². The highest BCUT2D eigenvalue weighted by Crippen LogP contribution is 1.74. The van der Waals surface area contributed by atoms with Gasteiger partial charge in [-0.1, -0.05) is 6.08 Å². The van der Waals surface area contributed by atoms with Crippen molar-refractivity contribution in [2.24, 2.45) is 0 Å². The van der Waals surface area contributed by atoms with Gasteiger partial charge in [-0.3, -0.25) is 4.79 Å². The molecule has 0 aromatic rings. The van der Waals surface area contributed by atoms with Gasteiger partial charge in [0.2, 0.25) is 0 Å². The maximum absolute atomic E-state index is 9.53. The summed E-state index contributed by atoms with van der Waals surface area (Å²) in [7, 11) is 0. The molecule has 0 radical (unpaired) electrons. The van der Waals surface area contributed by atoms with Gasteiger partial charge in [0.05, 0.1) is 6.42 Å². The van der Waals surface area contributed by atoms with E-state index in [-0.39, 0.29) is 6.42 Å². The molecule has 0 aliphatic rings. The summed E-state index contributed by atoms with van der Waals surface area (Å²) < 4.78 is 6.69. The van der Waals surface area contributed by atoms with Crippen molar-refractivity contribution in [2.75, 3.05) is 0 Å². The van der Waals surface area contributed by atoms with Crippen LogP contribution < -0.4 is 0 Å². The molecule has 2 N–H and O–H groups in total. The summed E-state index contributed by atoms with van der Waals surface area (Å²) in [5.41, 5.74) is 0. The van der Waals surface area contributed by atoms with Gasteiger partial charge in [-0.05, 0) is 12.9 Å². The van der Waals surface area contributed by atoms with E-state index in [4.69, 9.17) is 9.66 Å². The molecule has 0 aromatic carbocycles. The lowest BCUT2D eigenvalue weighted by Crippen LogP contribution is -1.88. The maximum Gasteiger partial charge on any atom is 0.307 e. The van der Waals surface area contributed by atoms with Crippen LogP contribution in [0, 0.1) is 0 Å².